The maximum atomic E-state index is 12.8. The van der Waals surface area contributed by atoms with Gasteiger partial charge in [-0.05, 0) is 81.8 Å². The van der Waals surface area contributed by atoms with Crippen molar-refractivity contribution in [3.8, 4) is 5.69 Å². The molecule has 10 nitrogen and oxygen atoms in total. The van der Waals surface area contributed by atoms with Crippen molar-refractivity contribution in [2.45, 2.75) is 37.7 Å². The van der Waals surface area contributed by atoms with E-state index >= 15 is 0 Å². The normalized spacial score (nSPS) is 15.8. The van der Waals surface area contributed by atoms with Gasteiger partial charge in [-0.3, -0.25) is 4.79 Å². The fourth-order valence-electron chi connectivity index (χ4n) is 4.12. The highest BCUT2D eigenvalue weighted by Crippen LogP contribution is 2.28. The molecule has 3 heterocycles. The third-order valence-electron chi connectivity index (χ3n) is 6.15. The summed E-state index contributed by atoms with van der Waals surface area (Å²) in [7, 11) is 0. The van der Waals surface area contributed by atoms with Gasteiger partial charge in [0.15, 0.2) is 0 Å². The second-order valence-corrected chi connectivity index (χ2v) is 8.29. The second kappa shape index (κ2) is 8.46. The third-order valence-corrected chi connectivity index (χ3v) is 6.15. The first-order valence-electron chi connectivity index (χ1n) is 10.6. The highest BCUT2D eigenvalue weighted by atomic mass is 16.6. The van der Waals surface area contributed by atoms with Crippen molar-refractivity contribution in [3.63, 3.8) is 0 Å². The third kappa shape index (κ3) is 4.35. The number of aliphatic hydroxyl groups is 1. The molecule has 10 heteroatoms. The van der Waals surface area contributed by atoms with Crippen LogP contribution in [0.5, 0.6) is 0 Å². The first kappa shape index (κ1) is 20.3. The first-order valence-corrected chi connectivity index (χ1v) is 10.6. The Morgan fingerprint density at radius 3 is 2.53 bits per heavy atom. The van der Waals surface area contributed by atoms with E-state index in [9.17, 15) is 9.90 Å². The van der Waals surface area contributed by atoms with Crippen LogP contribution in [0.2, 0.25) is 0 Å². The van der Waals surface area contributed by atoms with Crippen LogP contribution in [0.25, 0.3) is 16.7 Å². The van der Waals surface area contributed by atoms with Gasteiger partial charge in [0.1, 0.15) is 17.4 Å². The van der Waals surface area contributed by atoms with E-state index in [1.807, 2.05) is 47.4 Å². The number of rotatable bonds is 6. The van der Waals surface area contributed by atoms with Crippen molar-refractivity contribution in [1.29, 1.82) is 0 Å². The maximum Gasteiger partial charge on any atom is 0.226 e. The van der Waals surface area contributed by atoms with Crippen molar-refractivity contribution in [1.82, 2.24) is 35.4 Å². The minimum absolute atomic E-state index is 0.0752. The molecule has 2 aromatic carbocycles. The molecule has 0 saturated carbocycles. The summed E-state index contributed by atoms with van der Waals surface area (Å²) >= 11 is 0. The number of hydrogen-bond acceptors (Lipinski definition) is 8. The van der Waals surface area contributed by atoms with Gasteiger partial charge in [0.2, 0.25) is 5.91 Å². The number of carbonyl (C=O) groups excluding carboxylic acids is 1. The molecule has 0 spiro atoms. The number of amides is 1. The Balaban J connectivity index is 1.12. The molecule has 2 aromatic heterocycles. The molecule has 0 radical (unpaired) electrons. The standard InChI is InChI=1S/C22H23N7O3/c30-21(14-16-1-4-18(5-2-16)29-15-23-26-27-29)28-11-9-22(31,10-12-28)8-7-17-3-6-19-20(13-17)25-32-24-19/h1-6,13,15,31H,7-12,14H2. The van der Waals surface area contributed by atoms with Crippen molar-refractivity contribution in [2.24, 2.45) is 0 Å². The minimum atomic E-state index is -0.763. The molecule has 0 aliphatic carbocycles. The summed E-state index contributed by atoms with van der Waals surface area (Å²) in [6, 6.07) is 13.4. The number of aryl methyl sites for hydroxylation is 1. The van der Waals surface area contributed by atoms with E-state index in [4.69, 9.17) is 4.63 Å². The molecule has 0 atom stereocenters. The van der Waals surface area contributed by atoms with Gasteiger partial charge in [0.05, 0.1) is 17.7 Å². The number of likely N-dealkylation sites (tertiary alicyclic amines) is 1. The molecule has 1 N–H and O–H groups in total. The van der Waals surface area contributed by atoms with Gasteiger partial charge in [0.25, 0.3) is 0 Å². The molecule has 164 valence electrons. The summed E-state index contributed by atoms with van der Waals surface area (Å²) in [6.07, 6.45) is 4.39. The number of nitrogens with zero attached hydrogens (tertiary/aromatic N) is 7. The van der Waals surface area contributed by atoms with Gasteiger partial charge < -0.3 is 10.0 Å². The summed E-state index contributed by atoms with van der Waals surface area (Å²) < 4.78 is 6.31. The smallest absolute Gasteiger partial charge is 0.226 e. The molecular weight excluding hydrogens is 410 g/mol. The Labute approximate surface area is 183 Å². The highest BCUT2D eigenvalue weighted by Gasteiger charge is 2.33. The first-order chi connectivity index (χ1) is 15.6. The summed E-state index contributed by atoms with van der Waals surface area (Å²) in [5.41, 5.74) is 3.55. The molecule has 5 rings (SSSR count). The minimum Gasteiger partial charge on any atom is -0.390 e. The van der Waals surface area contributed by atoms with Gasteiger partial charge in [-0.15, -0.1) is 5.10 Å². The van der Waals surface area contributed by atoms with Crippen molar-refractivity contribution >= 4 is 16.9 Å². The van der Waals surface area contributed by atoms with Crippen molar-refractivity contribution in [2.75, 3.05) is 13.1 Å². The fourth-order valence-corrected chi connectivity index (χ4v) is 4.12. The van der Waals surface area contributed by atoms with Gasteiger partial charge in [0, 0.05) is 13.1 Å². The Bertz CT molecular complexity index is 1200. The monoisotopic (exact) mass is 433 g/mol. The zero-order valence-corrected chi connectivity index (χ0v) is 17.5. The average molecular weight is 433 g/mol. The molecule has 1 amide bonds. The molecule has 4 aromatic rings. The summed E-state index contributed by atoms with van der Waals surface area (Å²) in [6.45, 7) is 1.12. The van der Waals surface area contributed by atoms with E-state index in [0.717, 1.165) is 34.3 Å². The topological polar surface area (TPSA) is 123 Å². The highest BCUT2D eigenvalue weighted by molar-refractivity contribution is 5.79. The quantitative estimate of drug-likeness (QED) is 0.488. The molecule has 0 bridgehead atoms. The molecule has 1 aliphatic heterocycles. The summed E-state index contributed by atoms with van der Waals surface area (Å²) in [4.78, 5) is 14.6. The zero-order valence-electron chi connectivity index (χ0n) is 17.5. The predicted octanol–water partition coefficient (Wildman–Crippen LogP) is 1.73. The van der Waals surface area contributed by atoms with Gasteiger partial charge in [-0.1, -0.05) is 18.2 Å². The fraction of sp³-hybridized carbons (Fsp3) is 0.364. The van der Waals surface area contributed by atoms with Crippen LogP contribution >= 0.6 is 0 Å². The SMILES string of the molecule is O=C(Cc1ccc(-n2cnnn2)cc1)N1CCC(O)(CCc2ccc3nonc3c2)CC1. The lowest BCUT2D eigenvalue weighted by molar-refractivity contribution is -0.134. The predicted molar refractivity (Wildman–Crippen MR) is 114 cm³/mol. The molecule has 32 heavy (non-hydrogen) atoms. The molecule has 1 aliphatic rings. The number of aromatic nitrogens is 6. The van der Waals surface area contributed by atoms with E-state index in [1.54, 1.807) is 4.68 Å². The van der Waals surface area contributed by atoms with Crippen LogP contribution in [0.3, 0.4) is 0 Å². The largest absolute Gasteiger partial charge is 0.390 e. The summed E-state index contributed by atoms with van der Waals surface area (Å²) in [5.74, 6) is 0.0752. The number of piperidine rings is 1. The molecular formula is C22H23N7O3. The Morgan fingerprint density at radius 2 is 1.78 bits per heavy atom. The van der Waals surface area contributed by atoms with Gasteiger partial charge in [-0.25, -0.2) is 9.31 Å². The number of hydrogen-bond donors (Lipinski definition) is 1. The van der Waals surface area contributed by atoms with Gasteiger partial charge >= 0.3 is 0 Å². The van der Waals surface area contributed by atoms with Crippen LogP contribution in [0, 0.1) is 0 Å². The van der Waals surface area contributed by atoms with Crippen LogP contribution in [0.1, 0.15) is 30.4 Å². The van der Waals surface area contributed by atoms with Crippen LogP contribution in [0.15, 0.2) is 53.4 Å². The van der Waals surface area contributed by atoms with E-state index in [0.29, 0.717) is 38.8 Å². The Hall–Kier alpha value is -3.66. The van der Waals surface area contributed by atoms with Crippen LogP contribution < -0.4 is 0 Å². The van der Waals surface area contributed by atoms with E-state index in [2.05, 4.69) is 25.8 Å². The Morgan fingerprint density at radius 1 is 1.03 bits per heavy atom. The summed E-state index contributed by atoms with van der Waals surface area (Å²) in [5, 5.41) is 29.8. The number of carbonyl (C=O) groups is 1. The van der Waals surface area contributed by atoms with Crippen LogP contribution in [-0.2, 0) is 17.6 Å². The van der Waals surface area contributed by atoms with Crippen LogP contribution in [-0.4, -0.2) is 65.1 Å². The van der Waals surface area contributed by atoms with Crippen LogP contribution in [0.4, 0.5) is 0 Å². The van der Waals surface area contributed by atoms with E-state index in [-0.39, 0.29) is 5.91 Å². The number of tetrazole rings is 1. The number of fused-ring (bicyclic) bond motifs is 1. The number of benzene rings is 2. The van der Waals surface area contributed by atoms with Gasteiger partial charge in [-0.2, -0.15) is 0 Å². The lowest BCUT2D eigenvalue weighted by atomic mass is 9.85. The average Bonchev–Trinajstić information content (AvgIpc) is 3.51. The maximum absolute atomic E-state index is 12.8. The van der Waals surface area contributed by atoms with Crippen molar-refractivity contribution in [3.05, 3.63) is 59.9 Å². The molecule has 1 fully saturated rings. The zero-order chi connectivity index (χ0) is 22.0. The lowest BCUT2D eigenvalue weighted by Crippen LogP contribution is -2.47. The van der Waals surface area contributed by atoms with E-state index < -0.39 is 5.60 Å². The molecule has 0 unspecified atom stereocenters. The van der Waals surface area contributed by atoms with E-state index in [1.165, 1.54) is 6.33 Å². The molecule has 1 saturated heterocycles. The van der Waals surface area contributed by atoms with Crippen molar-refractivity contribution < 1.29 is 14.5 Å². The second-order valence-electron chi connectivity index (χ2n) is 8.29. The lowest BCUT2D eigenvalue weighted by Gasteiger charge is -2.38. The Kier molecular flexibility index (Phi) is 5.36.